The van der Waals surface area contributed by atoms with E-state index in [4.69, 9.17) is 9.72 Å². The van der Waals surface area contributed by atoms with Gasteiger partial charge in [-0.25, -0.2) is 14.5 Å². The van der Waals surface area contributed by atoms with Crippen LogP contribution in [0.4, 0.5) is 0 Å². The third kappa shape index (κ3) is 2.94. The van der Waals surface area contributed by atoms with Gasteiger partial charge in [-0.2, -0.15) is 5.10 Å². The van der Waals surface area contributed by atoms with Crippen LogP contribution in [0, 0.1) is 0 Å². The van der Waals surface area contributed by atoms with E-state index >= 15 is 0 Å². The highest BCUT2D eigenvalue weighted by atomic mass is 32.1. The number of methoxy groups -OCH3 is 1. The van der Waals surface area contributed by atoms with Crippen LogP contribution in [0.3, 0.4) is 0 Å². The summed E-state index contributed by atoms with van der Waals surface area (Å²) in [6.07, 6.45) is 5.95. The molecule has 114 valence electrons. The fraction of sp³-hybridized carbons (Fsp3) is 0.643. The second-order valence-electron chi connectivity index (χ2n) is 5.39. The molecule has 1 aliphatic carbocycles. The minimum atomic E-state index is -0.118. The molecule has 2 heterocycles. The Hall–Kier alpha value is -1.47. The van der Waals surface area contributed by atoms with E-state index in [1.165, 1.54) is 39.1 Å². The van der Waals surface area contributed by atoms with Crippen molar-refractivity contribution < 1.29 is 4.74 Å². The van der Waals surface area contributed by atoms with Gasteiger partial charge in [0.25, 0.3) is 0 Å². The second-order valence-corrected chi connectivity index (χ2v) is 6.55. The number of thiazole rings is 1. The Morgan fingerprint density at radius 1 is 1.29 bits per heavy atom. The number of hydrogen-bond acceptors (Lipinski definition) is 5. The number of fused-ring (bicyclic) bond motifs is 1. The molecule has 6 nitrogen and oxygen atoms in total. The van der Waals surface area contributed by atoms with Gasteiger partial charge in [0, 0.05) is 19.0 Å². The highest BCUT2D eigenvalue weighted by Gasteiger charge is 2.16. The maximum Gasteiger partial charge on any atom is 0.346 e. The van der Waals surface area contributed by atoms with Crippen molar-refractivity contribution in [2.45, 2.75) is 45.3 Å². The third-order valence-corrected chi connectivity index (χ3v) is 4.97. The zero-order chi connectivity index (χ0) is 14.8. The molecule has 1 aliphatic rings. The van der Waals surface area contributed by atoms with E-state index in [-0.39, 0.29) is 5.69 Å². The zero-order valence-electron chi connectivity index (χ0n) is 12.5. The summed E-state index contributed by atoms with van der Waals surface area (Å²) in [5, 5.41) is 5.31. The van der Waals surface area contributed by atoms with Crippen molar-refractivity contribution in [3.63, 3.8) is 0 Å². The number of nitrogens with zero attached hydrogens (tertiary/aromatic N) is 4. The molecule has 3 rings (SSSR count). The van der Waals surface area contributed by atoms with Crippen LogP contribution in [0.5, 0.6) is 0 Å². The summed E-state index contributed by atoms with van der Waals surface area (Å²) < 4.78 is 8.07. The molecule has 0 saturated carbocycles. The number of hydrogen-bond donors (Lipinski definition) is 0. The van der Waals surface area contributed by atoms with Crippen molar-refractivity contribution in [2.75, 3.05) is 7.11 Å². The van der Waals surface area contributed by atoms with Gasteiger partial charge in [0.15, 0.2) is 5.82 Å². The van der Waals surface area contributed by atoms with E-state index in [1.807, 2.05) is 0 Å². The van der Waals surface area contributed by atoms with Gasteiger partial charge in [0.1, 0.15) is 11.6 Å². The van der Waals surface area contributed by atoms with Gasteiger partial charge < -0.3 is 4.74 Å². The van der Waals surface area contributed by atoms with Crippen LogP contribution in [-0.2, 0) is 37.8 Å². The molecule has 0 amide bonds. The minimum Gasteiger partial charge on any atom is -0.377 e. The molecule has 0 unspecified atom stereocenters. The highest BCUT2D eigenvalue weighted by Crippen LogP contribution is 2.26. The van der Waals surface area contributed by atoms with Gasteiger partial charge in [0.05, 0.1) is 12.2 Å². The summed E-state index contributed by atoms with van der Waals surface area (Å²) in [6.45, 7) is 0.793. The van der Waals surface area contributed by atoms with Crippen LogP contribution in [0.15, 0.2) is 4.79 Å². The fourth-order valence-electron chi connectivity index (χ4n) is 2.67. The van der Waals surface area contributed by atoms with E-state index in [0.717, 1.165) is 17.8 Å². The van der Waals surface area contributed by atoms with Crippen molar-refractivity contribution >= 4 is 11.3 Å². The Labute approximate surface area is 127 Å². The molecule has 2 aromatic rings. The van der Waals surface area contributed by atoms with Crippen molar-refractivity contribution in [3.05, 3.63) is 31.9 Å². The lowest BCUT2D eigenvalue weighted by molar-refractivity contribution is 0.174. The van der Waals surface area contributed by atoms with Crippen molar-refractivity contribution in [2.24, 2.45) is 7.05 Å². The maximum atomic E-state index is 12.2. The molecule has 0 aromatic carbocycles. The monoisotopic (exact) mass is 308 g/mol. The average molecular weight is 308 g/mol. The molecular formula is C14H20N4O2S. The smallest absolute Gasteiger partial charge is 0.346 e. The van der Waals surface area contributed by atoms with Crippen LogP contribution in [0.1, 0.15) is 40.7 Å². The Kier molecular flexibility index (Phi) is 4.21. The highest BCUT2D eigenvalue weighted by molar-refractivity contribution is 7.11. The van der Waals surface area contributed by atoms with E-state index in [2.05, 4.69) is 5.10 Å². The summed E-state index contributed by atoms with van der Waals surface area (Å²) in [4.78, 5) is 18.3. The lowest BCUT2D eigenvalue weighted by atomic mass is 10.2. The number of rotatable bonds is 4. The van der Waals surface area contributed by atoms with E-state index in [0.29, 0.717) is 19.0 Å². The summed E-state index contributed by atoms with van der Waals surface area (Å²) in [6, 6.07) is 0. The first kappa shape index (κ1) is 14.5. The normalized spacial score (nSPS) is 15.0. The van der Waals surface area contributed by atoms with Gasteiger partial charge in [0.2, 0.25) is 0 Å². The van der Waals surface area contributed by atoms with Gasteiger partial charge in [-0.3, -0.25) is 4.57 Å². The molecule has 0 saturated heterocycles. The average Bonchev–Trinajstić information content (AvgIpc) is 2.87. The quantitative estimate of drug-likeness (QED) is 0.803. The van der Waals surface area contributed by atoms with Crippen molar-refractivity contribution in [3.8, 4) is 0 Å². The van der Waals surface area contributed by atoms with Gasteiger partial charge in [-0.1, -0.05) is 6.42 Å². The van der Waals surface area contributed by atoms with Gasteiger partial charge in [-0.05, 0) is 25.7 Å². The van der Waals surface area contributed by atoms with E-state index < -0.39 is 0 Å². The van der Waals surface area contributed by atoms with Crippen LogP contribution in [-0.4, -0.2) is 26.4 Å². The lowest BCUT2D eigenvalue weighted by Gasteiger charge is -1.96. The molecule has 0 atom stereocenters. The summed E-state index contributed by atoms with van der Waals surface area (Å²) in [5.41, 5.74) is 1.11. The summed E-state index contributed by atoms with van der Waals surface area (Å²) >= 11 is 1.73. The Bertz CT molecular complexity index is 662. The molecule has 0 aliphatic heterocycles. The van der Waals surface area contributed by atoms with Crippen LogP contribution in [0.25, 0.3) is 0 Å². The van der Waals surface area contributed by atoms with Crippen LogP contribution in [0.2, 0.25) is 0 Å². The predicted octanol–water partition coefficient (Wildman–Crippen LogP) is 1.50. The van der Waals surface area contributed by atoms with Gasteiger partial charge >= 0.3 is 5.69 Å². The van der Waals surface area contributed by atoms with E-state index in [1.54, 1.807) is 25.5 Å². The van der Waals surface area contributed by atoms with Crippen molar-refractivity contribution in [1.29, 1.82) is 0 Å². The first-order valence-electron chi connectivity index (χ1n) is 7.28. The molecule has 0 fully saturated rings. The maximum absolute atomic E-state index is 12.2. The third-order valence-electron chi connectivity index (χ3n) is 3.83. The standard InChI is InChI=1S/C14H20N4O2S/c1-17-12(9-20-2)16-18(14(17)19)8-13-15-10-6-4-3-5-7-11(10)21-13/h3-9H2,1-2H3. The van der Waals surface area contributed by atoms with Gasteiger partial charge in [-0.15, -0.1) is 11.3 Å². The minimum absolute atomic E-state index is 0.118. The first-order chi connectivity index (χ1) is 10.2. The Morgan fingerprint density at radius 3 is 2.90 bits per heavy atom. The number of ether oxygens (including phenoxy) is 1. The zero-order valence-corrected chi connectivity index (χ0v) is 13.3. The second kappa shape index (κ2) is 6.11. The molecular weight excluding hydrogens is 288 g/mol. The van der Waals surface area contributed by atoms with Crippen LogP contribution < -0.4 is 5.69 Å². The first-order valence-corrected chi connectivity index (χ1v) is 8.10. The molecule has 0 spiro atoms. The summed E-state index contributed by atoms with van der Waals surface area (Å²) in [5.74, 6) is 0.639. The fourth-order valence-corrected chi connectivity index (χ4v) is 3.81. The molecule has 2 aromatic heterocycles. The molecule has 0 N–H and O–H groups in total. The van der Waals surface area contributed by atoms with Crippen molar-refractivity contribution in [1.82, 2.24) is 19.3 Å². The molecule has 0 bridgehead atoms. The lowest BCUT2D eigenvalue weighted by Crippen LogP contribution is -2.23. The summed E-state index contributed by atoms with van der Waals surface area (Å²) in [7, 11) is 3.32. The topological polar surface area (TPSA) is 61.9 Å². The predicted molar refractivity (Wildman–Crippen MR) is 80.7 cm³/mol. The SMILES string of the molecule is COCc1nn(Cc2nc3c(s2)CCCCC3)c(=O)n1C. The number of aryl methyl sites for hydroxylation is 2. The molecule has 0 radical (unpaired) electrons. The number of aromatic nitrogens is 4. The largest absolute Gasteiger partial charge is 0.377 e. The Balaban J connectivity index is 1.84. The molecule has 21 heavy (non-hydrogen) atoms. The Morgan fingerprint density at radius 2 is 2.10 bits per heavy atom. The molecule has 7 heteroatoms. The van der Waals surface area contributed by atoms with Crippen LogP contribution >= 0.6 is 11.3 Å². The van der Waals surface area contributed by atoms with E-state index in [9.17, 15) is 4.79 Å².